The number of carbonyl (C=O) groups is 6. The second-order valence-electron chi connectivity index (χ2n) is 10.3. The van der Waals surface area contributed by atoms with Gasteiger partial charge in [0.1, 0.15) is 11.6 Å². The third-order valence-corrected chi connectivity index (χ3v) is 6.08. The average molecular weight is 536 g/mol. The predicted molar refractivity (Wildman–Crippen MR) is 140 cm³/mol. The molecule has 2 aromatic rings. The van der Waals surface area contributed by atoms with Gasteiger partial charge in [-0.05, 0) is 75.6 Å². The standard InChI is InChI=1S/C27H29N5O7/c1-14-11-16(6-8-19(14)30-26(38)39-27(2,3)4)29-25(37)28-13-15-5-7-17-18(12-15)24(36)32(23(17)35)20-9-10-21(33)31-22(20)34/h5-8,11-12,20H,9-10,13H2,1-4H3,(H,30,38)(H2,28,29,37)(H,31,33,34). The van der Waals surface area contributed by atoms with Crippen LogP contribution in [-0.2, 0) is 20.9 Å². The molecule has 0 aliphatic carbocycles. The monoisotopic (exact) mass is 535 g/mol. The van der Waals surface area contributed by atoms with E-state index in [4.69, 9.17) is 4.74 Å². The van der Waals surface area contributed by atoms with E-state index in [1.165, 1.54) is 12.1 Å². The number of hydrogen-bond acceptors (Lipinski definition) is 7. The lowest BCUT2D eigenvalue weighted by atomic mass is 10.0. The van der Waals surface area contributed by atoms with E-state index in [0.717, 1.165) is 4.90 Å². The average Bonchev–Trinajstić information content (AvgIpc) is 3.08. The fourth-order valence-corrected chi connectivity index (χ4v) is 4.28. The summed E-state index contributed by atoms with van der Waals surface area (Å²) in [6.07, 6.45) is -0.474. The Morgan fingerprint density at radius 3 is 2.38 bits per heavy atom. The molecule has 0 bridgehead atoms. The van der Waals surface area contributed by atoms with E-state index >= 15 is 0 Å². The highest BCUT2D eigenvalue weighted by Crippen LogP contribution is 2.28. The molecule has 1 atom stereocenters. The summed E-state index contributed by atoms with van der Waals surface area (Å²) in [5.74, 6) is -2.33. The smallest absolute Gasteiger partial charge is 0.412 e. The van der Waals surface area contributed by atoms with Gasteiger partial charge < -0.3 is 15.4 Å². The largest absolute Gasteiger partial charge is 0.444 e. The number of carbonyl (C=O) groups excluding carboxylic acids is 6. The number of rotatable bonds is 5. The van der Waals surface area contributed by atoms with Gasteiger partial charge in [-0.1, -0.05) is 6.07 Å². The first-order valence-electron chi connectivity index (χ1n) is 12.3. The molecule has 12 heteroatoms. The van der Waals surface area contributed by atoms with Crippen molar-refractivity contribution in [2.45, 2.75) is 58.7 Å². The molecule has 2 aliphatic heterocycles. The number of benzene rings is 2. The third-order valence-electron chi connectivity index (χ3n) is 6.08. The van der Waals surface area contributed by atoms with E-state index in [0.29, 0.717) is 22.5 Å². The number of hydrogen-bond donors (Lipinski definition) is 4. The van der Waals surface area contributed by atoms with Crippen LogP contribution in [-0.4, -0.2) is 52.3 Å². The Labute approximate surface area is 224 Å². The number of amides is 7. The number of nitrogens with one attached hydrogen (secondary N) is 4. The van der Waals surface area contributed by atoms with Crippen LogP contribution in [0, 0.1) is 6.92 Å². The van der Waals surface area contributed by atoms with Crippen LogP contribution in [0.1, 0.15) is 65.5 Å². The topological polar surface area (TPSA) is 163 Å². The molecule has 0 radical (unpaired) electrons. The second-order valence-corrected chi connectivity index (χ2v) is 10.3. The third kappa shape index (κ3) is 6.22. The molecule has 4 N–H and O–H groups in total. The molecule has 0 saturated carbocycles. The van der Waals surface area contributed by atoms with E-state index in [1.807, 2.05) is 0 Å². The second kappa shape index (κ2) is 10.6. The molecular weight excluding hydrogens is 506 g/mol. The number of aryl methyl sites for hydroxylation is 1. The van der Waals surface area contributed by atoms with E-state index < -0.39 is 47.4 Å². The Morgan fingerprint density at radius 2 is 1.72 bits per heavy atom. The van der Waals surface area contributed by atoms with Gasteiger partial charge in [0.05, 0.1) is 11.1 Å². The highest BCUT2D eigenvalue weighted by atomic mass is 16.6. The van der Waals surface area contributed by atoms with Crippen molar-refractivity contribution in [3.05, 3.63) is 58.7 Å². The number of imide groups is 2. The van der Waals surface area contributed by atoms with E-state index in [1.54, 1.807) is 52.0 Å². The maximum Gasteiger partial charge on any atom is 0.412 e. The lowest BCUT2D eigenvalue weighted by Gasteiger charge is -2.27. The summed E-state index contributed by atoms with van der Waals surface area (Å²) in [5.41, 5.74) is 1.98. The number of piperidine rings is 1. The van der Waals surface area contributed by atoms with Crippen molar-refractivity contribution < 1.29 is 33.5 Å². The van der Waals surface area contributed by atoms with Gasteiger partial charge in [0, 0.05) is 24.3 Å². The Bertz CT molecular complexity index is 1400. The summed E-state index contributed by atoms with van der Waals surface area (Å²) >= 11 is 0. The number of nitrogens with zero attached hydrogens (tertiary/aromatic N) is 1. The zero-order chi connectivity index (χ0) is 28.5. The van der Waals surface area contributed by atoms with Gasteiger partial charge in [0.2, 0.25) is 11.8 Å². The Balaban J connectivity index is 1.35. The minimum absolute atomic E-state index is 0.0383. The quantitative estimate of drug-likeness (QED) is 0.428. The van der Waals surface area contributed by atoms with Gasteiger partial charge in [-0.2, -0.15) is 0 Å². The number of anilines is 2. The normalized spacial score (nSPS) is 16.9. The van der Waals surface area contributed by atoms with Crippen LogP contribution in [0.25, 0.3) is 0 Å². The first kappa shape index (κ1) is 27.3. The fraction of sp³-hybridized carbons (Fsp3) is 0.333. The van der Waals surface area contributed by atoms with Crippen LogP contribution < -0.4 is 21.3 Å². The summed E-state index contributed by atoms with van der Waals surface area (Å²) < 4.78 is 5.25. The maximum atomic E-state index is 13.0. The molecule has 7 amide bonds. The SMILES string of the molecule is Cc1cc(NC(=O)NCc2ccc3c(c2)C(=O)N(C2CCC(=O)NC2=O)C3=O)ccc1NC(=O)OC(C)(C)C. The van der Waals surface area contributed by atoms with Crippen LogP contribution in [0.4, 0.5) is 21.0 Å². The van der Waals surface area contributed by atoms with E-state index in [-0.39, 0.29) is 30.5 Å². The molecule has 2 aromatic carbocycles. The highest BCUT2D eigenvalue weighted by molar-refractivity contribution is 6.23. The van der Waals surface area contributed by atoms with Crippen molar-refractivity contribution in [2.24, 2.45) is 0 Å². The minimum atomic E-state index is -1.04. The van der Waals surface area contributed by atoms with Crippen molar-refractivity contribution in [2.75, 3.05) is 10.6 Å². The van der Waals surface area contributed by atoms with Crippen LogP contribution in [0.2, 0.25) is 0 Å². The van der Waals surface area contributed by atoms with Gasteiger partial charge in [-0.25, -0.2) is 9.59 Å². The first-order chi connectivity index (χ1) is 18.3. The van der Waals surface area contributed by atoms with Gasteiger partial charge in [-0.3, -0.25) is 34.7 Å². The Hall–Kier alpha value is -4.74. The molecule has 39 heavy (non-hydrogen) atoms. The van der Waals surface area contributed by atoms with Gasteiger partial charge in [0.15, 0.2) is 0 Å². The zero-order valence-electron chi connectivity index (χ0n) is 22.0. The number of ether oxygens (including phenoxy) is 1. The predicted octanol–water partition coefficient (Wildman–Crippen LogP) is 3.06. The summed E-state index contributed by atoms with van der Waals surface area (Å²) in [5, 5.41) is 10.2. The zero-order valence-corrected chi connectivity index (χ0v) is 22.0. The molecule has 0 spiro atoms. The van der Waals surface area contributed by atoms with Crippen molar-refractivity contribution >= 4 is 47.1 Å². The fourth-order valence-electron chi connectivity index (χ4n) is 4.28. The van der Waals surface area contributed by atoms with Crippen LogP contribution in [0.5, 0.6) is 0 Å². The van der Waals surface area contributed by atoms with Gasteiger partial charge in [-0.15, -0.1) is 0 Å². The molecule has 204 valence electrons. The minimum Gasteiger partial charge on any atom is -0.444 e. The van der Waals surface area contributed by atoms with Crippen molar-refractivity contribution in [3.63, 3.8) is 0 Å². The van der Waals surface area contributed by atoms with Gasteiger partial charge >= 0.3 is 12.1 Å². The van der Waals surface area contributed by atoms with Crippen molar-refractivity contribution in [1.82, 2.24) is 15.5 Å². The van der Waals surface area contributed by atoms with Crippen LogP contribution >= 0.6 is 0 Å². The lowest BCUT2D eigenvalue weighted by Crippen LogP contribution is -2.54. The molecule has 1 fully saturated rings. The van der Waals surface area contributed by atoms with Crippen molar-refractivity contribution in [3.8, 4) is 0 Å². The van der Waals surface area contributed by atoms with Crippen LogP contribution in [0.15, 0.2) is 36.4 Å². The van der Waals surface area contributed by atoms with Gasteiger partial charge in [0.25, 0.3) is 11.8 Å². The van der Waals surface area contributed by atoms with Crippen LogP contribution in [0.3, 0.4) is 0 Å². The molecule has 2 aliphatic rings. The van der Waals surface area contributed by atoms with Crippen molar-refractivity contribution in [1.29, 1.82) is 0 Å². The Morgan fingerprint density at radius 1 is 1.00 bits per heavy atom. The highest BCUT2D eigenvalue weighted by Gasteiger charge is 2.44. The lowest BCUT2D eigenvalue weighted by molar-refractivity contribution is -0.136. The molecule has 1 saturated heterocycles. The van der Waals surface area contributed by atoms with E-state index in [9.17, 15) is 28.8 Å². The summed E-state index contributed by atoms with van der Waals surface area (Å²) in [7, 11) is 0. The Kier molecular flexibility index (Phi) is 7.39. The maximum absolute atomic E-state index is 13.0. The molecule has 2 heterocycles. The molecule has 4 rings (SSSR count). The summed E-state index contributed by atoms with van der Waals surface area (Å²) in [6, 6.07) is 8.01. The van der Waals surface area contributed by atoms with E-state index in [2.05, 4.69) is 21.3 Å². The summed E-state index contributed by atoms with van der Waals surface area (Å²) in [6.45, 7) is 7.14. The molecule has 12 nitrogen and oxygen atoms in total. The molecule has 1 unspecified atom stereocenters. The number of urea groups is 1. The molecular formula is C27H29N5O7. The first-order valence-corrected chi connectivity index (χ1v) is 12.3. The molecule has 0 aromatic heterocycles. The summed E-state index contributed by atoms with van der Waals surface area (Å²) in [4.78, 5) is 74.8. The number of fused-ring (bicyclic) bond motifs is 1.